The maximum atomic E-state index is 12.7. The Kier molecular flexibility index (Phi) is 2.90. The molecular formula is C17H14N4O2. The Bertz CT molecular complexity index is 1090. The molecule has 4 rings (SSSR count). The molecule has 0 aliphatic rings. The lowest BCUT2D eigenvalue weighted by molar-refractivity contribution is 0.414. The molecule has 0 amide bonds. The SMILES string of the molecule is COc1cccc(-n2[nH]c3c(cnc4cc(C)ncc43)c2=O)c1. The molecular weight excluding hydrogens is 292 g/mol. The molecule has 6 heteroatoms. The van der Waals surface area contributed by atoms with Gasteiger partial charge >= 0.3 is 0 Å². The highest BCUT2D eigenvalue weighted by molar-refractivity contribution is 6.02. The number of hydrogen-bond donors (Lipinski definition) is 1. The third-order valence-corrected chi connectivity index (χ3v) is 3.86. The van der Waals surface area contributed by atoms with Crippen molar-refractivity contribution in [2.75, 3.05) is 7.11 Å². The van der Waals surface area contributed by atoms with Crippen molar-refractivity contribution in [1.82, 2.24) is 19.7 Å². The van der Waals surface area contributed by atoms with E-state index >= 15 is 0 Å². The van der Waals surface area contributed by atoms with E-state index in [1.807, 2.05) is 31.2 Å². The second-order valence-corrected chi connectivity index (χ2v) is 5.34. The zero-order valence-electron chi connectivity index (χ0n) is 12.7. The van der Waals surface area contributed by atoms with Crippen molar-refractivity contribution in [2.45, 2.75) is 6.92 Å². The van der Waals surface area contributed by atoms with Crippen LogP contribution in [-0.4, -0.2) is 26.9 Å². The predicted molar refractivity (Wildman–Crippen MR) is 88.3 cm³/mol. The molecule has 0 aliphatic heterocycles. The van der Waals surface area contributed by atoms with E-state index in [0.717, 1.165) is 22.1 Å². The average Bonchev–Trinajstić information content (AvgIpc) is 2.92. The van der Waals surface area contributed by atoms with Gasteiger partial charge in [-0.1, -0.05) is 6.07 Å². The van der Waals surface area contributed by atoms with Crippen molar-refractivity contribution < 1.29 is 4.74 Å². The maximum absolute atomic E-state index is 12.7. The normalized spacial score (nSPS) is 11.2. The quantitative estimate of drug-likeness (QED) is 0.618. The number of aromatic amines is 1. The number of aromatic nitrogens is 4. The minimum atomic E-state index is -0.150. The Labute approximate surface area is 131 Å². The number of nitrogens with one attached hydrogen (secondary N) is 1. The molecule has 6 nitrogen and oxygen atoms in total. The van der Waals surface area contributed by atoms with E-state index in [1.165, 1.54) is 4.68 Å². The average molecular weight is 306 g/mol. The Balaban J connectivity index is 2.03. The van der Waals surface area contributed by atoms with Crippen LogP contribution in [0.2, 0.25) is 0 Å². The van der Waals surface area contributed by atoms with Gasteiger partial charge in [-0.15, -0.1) is 0 Å². The van der Waals surface area contributed by atoms with Gasteiger partial charge < -0.3 is 4.74 Å². The molecule has 23 heavy (non-hydrogen) atoms. The molecule has 4 aromatic rings. The number of fused-ring (bicyclic) bond motifs is 3. The molecule has 0 spiro atoms. The first kappa shape index (κ1) is 13.5. The number of ether oxygens (including phenoxy) is 1. The fraction of sp³-hybridized carbons (Fsp3) is 0.118. The van der Waals surface area contributed by atoms with Crippen LogP contribution in [0.4, 0.5) is 0 Å². The highest BCUT2D eigenvalue weighted by atomic mass is 16.5. The van der Waals surface area contributed by atoms with Crippen LogP contribution in [0.1, 0.15) is 5.69 Å². The van der Waals surface area contributed by atoms with Crippen molar-refractivity contribution in [2.24, 2.45) is 0 Å². The largest absolute Gasteiger partial charge is 0.497 e. The summed E-state index contributed by atoms with van der Waals surface area (Å²) in [6, 6.07) is 9.22. The van der Waals surface area contributed by atoms with Gasteiger partial charge in [0.15, 0.2) is 0 Å². The topological polar surface area (TPSA) is 72.8 Å². The summed E-state index contributed by atoms with van der Waals surface area (Å²) in [5, 5.41) is 4.52. The molecule has 0 saturated heterocycles. The van der Waals surface area contributed by atoms with E-state index in [2.05, 4.69) is 15.1 Å². The van der Waals surface area contributed by atoms with Crippen molar-refractivity contribution in [3.8, 4) is 11.4 Å². The summed E-state index contributed by atoms with van der Waals surface area (Å²) in [5.74, 6) is 0.688. The first-order chi connectivity index (χ1) is 11.2. The summed E-state index contributed by atoms with van der Waals surface area (Å²) in [4.78, 5) is 21.3. The fourth-order valence-electron chi connectivity index (χ4n) is 2.69. The Morgan fingerprint density at radius 2 is 1.96 bits per heavy atom. The van der Waals surface area contributed by atoms with Gasteiger partial charge in [-0.25, -0.2) is 4.68 Å². The Morgan fingerprint density at radius 3 is 2.78 bits per heavy atom. The van der Waals surface area contributed by atoms with Gasteiger partial charge in [0.05, 0.1) is 29.2 Å². The van der Waals surface area contributed by atoms with Crippen LogP contribution in [0.3, 0.4) is 0 Å². The van der Waals surface area contributed by atoms with Gasteiger partial charge in [-0.3, -0.25) is 19.9 Å². The predicted octanol–water partition coefficient (Wildman–Crippen LogP) is 2.58. The molecule has 1 aromatic carbocycles. The van der Waals surface area contributed by atoms with E-state index in [9.17, 15) is 4.79 Å². The van der Waals surface area contributed by atoms with Crippen molar-refractivity contribution in [3.05, 3.63) is 58.8 Å². The second kappa shape index (κ2) is 4.95. The monoisotopic (exact) mass is 306 g/mol. The lowest BCUT2D eigenvalue weighted by Crippen LogP contribution is -2.14. The standard InChI is InChI=1S/C17H14N4O2/c1-10-6-15-13(8-18-10)16-14(9-19-15)17(22)21(20-16)11-4-3-5-12(7-11)23-2/h3-9,20H,1-2H3. The van der Waals surface area contributed by atoms with E-state index in [1.54, 1.807) is 25.6 Å². The first-order valence-electron chi connectivity index (χ1n) is 7.18. The smallest absolute Gasteiger partial charge is 0.280 e. The number of aryl methyl sites for hydroxylation is 1. The van der Waals surface area contributed by atoms with Gasteiger partial charge in [0.1, 0.15) is 5.75 Å². The summed E-state index contributed by atoms with van der Waals surface area (Å²) in [5.41, 5.74) is 2.99. The molecule has 0 fully saturated rings. The van der Waals surface area contributed by atoms with Gasteiger partial charge in [-0.05, 0) is 25.1 Å². The van der Waals surface area contributed by atoms with E-state index in [-0.39, 0.29) is 5.56 Å². The molecule has 3 heterocycles. The molecule has 0 atom stereocenters. The number of pyridine rings is 2. The Hall–Kier alpha value is -3.15. The molecule has 0 saturated carbocycles. The van der Waals surface area contributed by atoms with Crippen LogP contribution in [0.15, 0.2) is 47.5 Å². The molecule has 1 N–H and O–H groups in total. The highest BCUT2D eigenvalue weighted by Gasteiger charge is 2.12. The van der Waals surface area contributed by atoms with Crippen LogP contribution in [0.5, 0.6) is 5.75 Å². The van der Waals surface area contributed by atoms with E-state index < -0.39 is 0 Å². The molecule has 114 valence electrons. The van der Waals surface area contributed by atoms with Crippen LogP contribution in [-0.2, 0) is 0 Å². The third kappa shape index (κ3) is 2.07. The molecule has 0 aliphatic carbocycles. The van der Waals surface area contributed by atoms with E-state index in [4.69, 9.17) is 4.74 Å². The second-order valence-electron chi connectivity index (χ2n) is 5.34. The van der Waals surface area contributed by atoms with Crippen molar-refractivity contribution >= 4 is 21.8 Å². The molecule has 0 radical (unpaired) electrons. The minimum Gasteiger partial charge on any atom is -0.497 e. The zero-order valence-corrected chi connectivity index (χ0v) is 12.7. The number of H-pyrrole nitrogens is 1. The van der Waals surface area contributed by atoms with Gasteiger partial charge in [0, 0.05) is 29.5 Å². The van der Waals surface area contributed by atoms with Gasteiger partial charge in [-0.2, -0.15) is 0 Å². The van der Waals surface area contributed by atoms with Crippen LogP contribution >= 0.6 is 0 Å². The van der Waals surface area contributed by atoms with Gasteiger partial charge in [0.25, 0.3) is 5.56 Å². The Morgan fingerprint density at radius 1 is 1.13 bits per heavy atom. The minimum absolute atomic E-state index is 0.150. The van der Waals surface area contributed by atoms with Crippen LogP contribution in [0, 0.1) is 6.92 Å². The summed E-state index contributed by atoms with van der Waals surface area (Å²) in [7, 11) is 1.60. The number of hydrogen-bond acceptors (Lipinski definition) is 4. The summed E-state index contributed by atoms with van der Waals surface area (Å²) in [6.45, 7) is 1.91. The maximum Gasteiger partial charge on any atom is 0.280 e. The molecule has 0 unspecified atom stereocenters. The number of benzene rings is 1. The summed E-state index contributed by atoms with van der Waals surface area (Å²) < 4.78 is 6.72. The first-order valence-corrected chi connectivity index (χ1v) is 7.18. The number of methoxy groups -OCH3 is 1. The van der Waals surface area contributed by atoms with Gasteiger partial charge in [0.2, 0.25) is 0 Å². The van der Waals surface area contributed by atoms with E-state index in [0.29, 0.717) is 16.8 Å². The number of rotatable bonds is 2. The van der Waals surface area contributed by atoms with Crippen LogP contribution < -0.4 is 10.3 Å². The third-order valence-electron chi connectivity index (χ3n) is 3.86. The number of nitrogens with zero attached hydrogens (tertiary/aromatic N) is 3. The van der Waals surface area contributed by atoms with Crippen LogP contribution in [0.25, 0.3) is 27.5 Å². The fourth-order valence-corrected chi connectivity index (χ4v) is 2.69. The lowest BCUT2D eigenvalue weighted by Gasteiger charge is -2.04. The summed E-state index contributed by atoms with van der Waals surface area (Å²) >= 11 is 0. The highest BCUT2D eigenvalue weighted by Crippen LogP contribution is 2.21. The van der Waals surface area contributed by atoms with Crippen molar-refractivity contribution in [1.29, 1.82) is 0 Å². The zero-order chi connectivity index (χ0) is 16.0. The van der Waals surface area contributed by atoms with Crippen molar-refractivity contribution in [3.63, 3.8) is 0 Å². The molecule has 0 bridgehead atoms. The summed E-state index contributed by atoms with van der Waals surface area (Å²) in [6.07, 6.45) is 3.35. The molecule has 3 aromatic heterocycles. The lowest BCUT2D eigenvalue weighted by atomic mass is 10.2.